The van der Waals surface area contributed by atoms with E-state index in [0.717, 1.165) is 6.08 Å². The SMILES string of the molecule is CCN(N=C=O)S(=O)(=O)O. The lowest BCUT2D eigenvalue weighted by molar-refractivity contribution is 0.369. The highest BCUT2D eigenvalue weighted by molar-refractivity contribution is 7.83. The molecule has 0 aromatic heterocycles. The summed E-state index contributed by atoms with van der Waals surface area (Å²) < 4.78 is 28.8. The van der Waals surface area contributed by atoms with E-state index in [9.17, 15) is 13.2 Å². The third-order valence-electron chi connectivity index (χ3n) is 0.689. The van der Waals surface area contributed by atoms with E-state index in [1.54, 1.807) is 0 Å². The molecule has 0 aromatic carbocycles. The van der Waals surface area contributed by atoms with Crippen molar-refractivity contribution in [1.82, 2.24) is 4.41 Å². The number of rotatable bonds is 3. The smallest absolute Gasteiger partial charge is 0.268 e. The normalized spacial score (nSPS) is 10.2. The second kappa shape index (κ2) is 3.31. The lowest BCUT2D eigenvalue weighted by Gasteiger charge is -2.07. The summed E-state index contributed by atoms with van der Waals surface area (Å²) in [5.41, 5.74) is 0. The molecule has 0 aliphatic carbocycles. The molecule has 0 heterocycles. The molecule has 0 rings (SSSR count). The van der Waals surface area contributed by atoms with Crippen LogP contribution in [0.25, 0.3) is 0 Å². The fraction of sp³-hybridized carbons (Fsp3) is 0.667. The Labute approximate surface area is 58.0 Å². The van der Waals surface area contributed by atoms with E-state index < -0.39 is 10.3 Å². The van der Waals surface area contributed by atoms with Crippen LogP contribution in [0, 0.1) is 0 Å². The summed E-state index contributed by atoms with van der Waals surface area (Å²) in [7, 11) is -4.37. The first-order valence-electron chi connectivity index (χ1n) is 2.35. The summed E-state index contributed by atoms with van der Waals surface area (Å²) in [5, 5.41) is 2.70. The van der Waals surface area contributed by atoms with Crippen LogP contribution in [0.4, 0.5) is 0 Å². The zero-order valence-corrected chi connectivity index (χ0v) is 6.00. The maximum absolute atomic E-state index is 10.2. The van der Waals surface area contributed by atoms with Crippen LogP contribution < -0.4 is 0 Å². The standard InChI is InChI=1S/C3H6N2O4S/c1-2-5(4-3-6)10(7,8)9/h2H2,1H3,(H,7,8,9). The van der Waals surface area contributed by atoms with Crippen molar-refractivity contribution in [1.29, 1.82) is 0 Å². The molecule has 0 aliphatic rings. The van der Waals surface area contributed by atoms with Crippen molar-refractivity contribution >= 4 is 16.4 Å². The van der Waals surface area contributed by atoms with Gasteiger partial charge in [-0.2, -0.15) is 12.8 Å². The zero-order chi connectivity index (χ0) is 8.20. The Bertz CT molecular complexity index is 239. The predicted octanol–water partition coefficient (Wildman–Crippen LogP) is -0.638. The largest absolute Gasteiger partial charge is 0.375 e. The minimum atomic E-state index is -4.37. The Morgan fingerprint density at radius 1 is 1.70 bits per heavy atom. The van der Waals surface area contributed by atoms with Crippen LogP contribution in [-0.4, -0.2) is 30.0 Å². The van der Waals surface area contributed by atoms with Crippen molar-refractivity contribution in [2.45, 2.75) is 6.92 Å². The molecule has 0 saturated heterocycles. The first kappa shape index (κ1) is 9.09. The molecule has 0 fully saturated rings. The van der Waals surface area contributed by atoms with Gasteiger partial charge in [-0.05, 0) is 6.92 Å². The van der Waals surface area contributed by atoms with E-state index in [4.69, 9.17) is 4.55 Å². The van der Waals surface area contributed by atoms with Gasteiger partial charge >= 0.3 is 10.3 Å². The Hall–Kier alpha value is -0.910. The Balaban J connectivity index is 4.53. The number of nitrogens with zero attached hydrogens (tertiary/aromatic N) is 2. The van der Waals surface area contributed by atoms with Gasteiger partial charge in [0.05, 0.1) is 6.54 Å². The third-order valence-corrected chi connectivity index (χ3v) is 1.56. The van der Waals surface area contributed by atoms with Gasteiger partial charge in [0.15, 0.2) is 0 Å². The topological polar surface area (TPSA) is 87.0 Å². The Morgan fingerprint density at radius 3 is 2.30 bits per heavy atom. The molecule has 7 heteroatoms. The molecular formula is C3H6N2O4S. The molecule has 10 heavy (non-hydrogen) atoms. The number of carbonyl (C=O) groups excluding carboxylic acids is 1. The molecule has 0 saturated carbocycles. The minimum Gasteiger partial charge on any atom is -0.268 e. The second-order valence-electron chi connectivity index (χ2n) is 1.31. The van der Waals surface area contributed by atoms with Crippen molar-refractivity contribution in [3.63, 3.8) is 0 Å². The van der Waals surface area contributed by atoms with E-state index >= 15 is 0 Å². The maximum atomic E-state index is 10.2. The van der Waals surface area contributed by atoms with Crippen molar-refractivity contribution in [3.05, 3.63) is 0 Å². The zero-order valence-electron chi connectivity index (χ0n) is 5.18. The van der Waals surface area contributed by atoms with Gasteiger partial charge in [0.1, 0.15) is 0 Å². The Kier molecular flexibility index (Phi) is 3.01. The summed E-state index contributed by atoms with van der Waals surface area (Å²) in [6.45, 7) is 1.31. The van der Waals surface area contributed by atoms with Gasteiger partial charge in [-0.1, -0.05) is 5.10 Å². The molecule has 6 nitrogen and oxygen atoms in total. The van der Waals surface area contributed by atoms with Crippen LogP contribution in [0.15, 0.2) is 5.10 Å². The molecule has 0 amide bonds. The van der Waals surface area contributed by atoms with Gasteiger partial charge in [0, 0.05) is 0 Å². The van der Waals surface area contributed by atoms with Gasteiger partial charge in [-0.3, -0.25) is 4.55 Å². The van der Waals surface area contributed by atoms with Gasteiger partial charge in [0.2, 0.25) is 0 Å². The quantitative estimate of drug-likeness (QED) is 0.261. The Morgan fingerprint density at radius 2 is 2.20 bits per heavy atom. The molecule has 0 unspecified atom stereocenters. The molecule has 0 aromatic rings. The van der Waals surface area contributed by atoms with Gasteiger partial charge in [-0.25, -0.2) is 4.79 Å². The number of hydrazone groups is 1. The molecular weight excluding hydrogens is 160 g/mol. The molecule has 0 atom stereocenters. The molecule has 0 spiro atoms. The maximum Gasteiger partial charge on any atom is 0.375 e. The second-order valence-corrected chi connectivity index (χ2v) is 2.62. The third kappa shape index (κ3) is 2.58. The molecule has 1 N–H and O–H groups in total. The monoisotopic (exact) mass is 166 g/mol. The van der Waals surface area contributed by atoms with Crippen molar-refractivity contribution in [2.75, 3.05) is 6.54 Å². The summed E-state index contributed by atoms with van der Waals surface area (Å²) >= 11 is 0. The van der Waals surface area contributed by atoms with Gasteiger partial charge in [-0.15, -0.1) is 0 Å². The molecule has 0 bridgehead atoms. The highest BCUT2D eigenvalue weighted by Gasteiger charge is 2.12. The first-order chi connectivity index (χ1) is 4.52. The molecule has 0 aliphatic heterocycles. The van der Waals surface area contributed by atoms with Gasteiger partial charge in [0.25, 0.3) is 6.08 Å². The van der Waals surface area contributed by atoms with Crippen LogP contribution in [0.2, 0.25) is 0 Å². The molecule has 58 valence electrons. The fourth-order valence-corrected chi connectivity index (χ4v) is 0.794. The van der Waals surface area contributed by atoms with Crippen LogP contribution >= 0.6 is 0 Å². The van der Waals surface area contributed by atoms with E-state index in [2.05, 4.69) is 5.10 Å². The average molecular weight is 166 g/mol. The summed E-state index contributed by atoms with van der Waals surface area (Å²) in [6, 6.07) is 0. The summed E-state index contributed by atoms with van der Waals surface area (Å²) in [5.74, 6) is 0. The van der Waals surface area contributed by atoms with E-state index in [0.29, 0.717) is 0 Å². The first-order valence-corrected chi connectivity index (χ1v) is 3.75. The fourth-order valence-electron chi connectivity index (χ4n) is 0.331. The number of hydrogen-bond acceptors (Lipinski definition) is 4. The summed E-state index contributed by atoms with van der Waals surface area (Å²) in [4.78, 5) is 9.51. The lowest BCUT2D eigenvalue weighted by Crippen LogP contribution is -2.24. The number of isocyanates is 1. The van der Waals surface area contributed by atoms with Gasteiger partial charge < -0.3 is 0 Å². The predicted molar refractivity (Wildman–Crippen MR) is 32.1 cm³/mol. The average Bonchev–Trinajstić information content (AvgIpc) is 1.80. The van der Waals surface area contributed by atoms with Crippen LogP contribution in [0.5, 0.6) is 0 Å². The number of hydrogen-bond donors (Lipinski definition) is 1. The minimum absolute atomic E-state index is 0.103. The van der Waals surface area contributed by atoms with E-state index in [1.807, 2.05) is 0 Å². The highest BCUT2D eigenvalue weighted by atomic mass is 32.2. The van der Waals surface area contributed by atoms with Crippen molar-refractivity contribution in [3.8, 4) is 0 Å². The van der Waals surface area contributed by atoms with Crippen molar-refractivity contribution in [2.24, 2.45) is 5.10 Å². The van der Waals surface area contributed by atoms with Crippen LogP contribution in [-0.2, 0) is 15.1 Å². The van der Waals surface area contributed by atoms with E-state index in [-0.39, 0.29) is 11.0 Å². The van der Waals surface area contributed by atoms with Crippen LogP contribution in [0.3, 0.4) is 0 Å². The van der Waals surface area contributed by atoms with E-state index in [1.165, 1.54) is 6.92 Å². The van der Waals surface area contributed by atoms with Crippen molar-refractivity contribution < 1.29 is 17.8 Å². The van der Waals surface area contributed by atoms with Crippen LogP contribution in [0.1, 0.15) is 6.92 Å². The molecule has 0 radical (unpaired) electrons. The lowest BCUT2D eigenvalue weighted by atomic mass is 10.8. The summed E-state index contributed by atoms with van der Waals surface area (Å²) in [6.07, 6.45) is 0.987. The highest BCUT2D eigenvalue weighted by Crippen LogP contribution is 1.94.